The Morgan fingerprint density at radius 1 is 1.19 bits per heavy atom. The Bertz CT molecular complexity index is 945. The van der Waals surface area contributed by atoms with Gasteiger partial charge in [-0.3, -0.25) is 0 Å². The van der Waals surface area contributed by atoms with E-state index in [1.54, 1.807) is 12.1 Å². The maximum atomic E-state index is 11.8. The van der Waals surface area contributed by atoms with Crippen molar-refractivity contribution < 1.29 is 8.42 Å². The Kier molecular flexibility index (Phi) is 3.37. The molecule has 0 amide bonds. The molecule has 2 aromatic carbocycles. The molecular formula is C15H13BrN2O2S. The highest BCUT2D eigenvalue weighted by molar-refractivity contribution is 9.10. The molecule has 4 nitrogen and oxygen atoms in total. The largest absolute Gasteiger partial charge is 0.338 e. The summed E-state index contributed by atoms with van der Waals surface area (Å²) in [5.74, 6) is 0.664. The van der Waals surface area contributed by atoms with Crippen LogP contribution in [0.1, 0.15) is 5.56 Å². The highest BCUT2D eigenvalue weighted by atomic mass is 79.9. The van der Waals surface area contributed by atoms with Crippen molar-refractivity contribution in [3.05, 3.63) is 46.4 Å². The van der Waals surface area contributed by atoms with Gasteiger partial charge in [-0.25, -0.2) is 13.4 Å². The second-order valence-electron chi connectivity index (χ2n) is 4.97. The van der Waals surface area contributed by atoms with Gasteiger partial charge in [-0.05, 0) is 36.8 Å². The number of sulfone groups is 1. The van der Waals surface area contributed by atoms with Gasteiger partial charge in [0.1, 0.15) is 11.3 Å². The van der Waals surface area contributed by atoms with Crippen LogP contribution in [-0.4, -0.2) is 24.6 Å². The van der Waals surface area contributed by atoms with E-state index in [2.05, 4.69) is 25.9 Å². The number of nitrogens with one attached hydrogen (secondary N) is 1. The molecule has 0 aliphatic heterocycles. The molecule has 0 saturated heterocycles. The number of imidazole rings is 1. The van der Waals surface area contributed by atoms with E-state index in [1.165, 1.54) is 6.26 Å². The zero-order valence-electron chi connectivity index (χ0n) is 11.5. The van der Waals surface area contributed by atoms with Crippen LogP contribution < -0.4 is 0 Å². The van der Waals surface area contributed by atoms with Gasteiger partial charge in [-0.1, -0.05) is 28.1 Å². The third-order valence-corrected chi connectivity index (χ3v) is 5.32. The summed E-state index contributed by atoms with van der Waals surface area (Å²) in [6.45, 7) is 2.00. The molecule has 108 valence electrons. The van der Waals surface area contributed by atoms with E-state index in [9.17, 15) is 8.42 Å². The SMILES string of the molecule is Cc1cc(-c2nc3c(S(C)(=O)=O)cccc3[nH]2)ccc1Br. The molecule has 0 atom stereocenters. The van der Waals surface area contributed by atoms with Gasteiger partial charge < -0.3 is 4.98 Å². The van der Waals surface area contributed by atoms with Gasteiger partial charge in [0.05, 0.1) is 10.4 Å². The van der Waals surface area contributed by atoms with Crippen molar-refractivity contribution in [1.29, 1.82) is 0 Å². The Labute approximate surface area is 131 Å². The lowest BCUT2D eigenvalue weighted by molar-refractivity contribution is 0.602. The zero-order valence-corrected chi connectivity index (χ0v) is 13.9. The van der Waals surface area contributed by atoms with Gasteiger partial charge in [0.25, 0.3) is 0 Å². The average Bonchev–Trinajstić information content (AvgIpc) is 2.84. The number of para-hydroxylation sites is 1. The number of rotatable bonds is 2. The van der Waals surface area contributed by atoms with E-state index in [0.29, 0.717) is 16.9 Å². The minimum absolute atomic E-state index is 0.247. The first-order valence-corrected chi connectivity index (χ1v) is 9.00. The first-order chi connectivity index (χ1) is 9.86. The van der Waals surface area contributed by atoms with Crippen molar-refractivity contribution in [2.24, 2.45) is 0 Å². The number of benzene rings is 2. The van der Waals surface area contributed by atoms with Crippen LogP contribution in [0, 0.1) is 6.92 Å². The Morgan fingerprint density at radius 2 is 1.95 bits per heavy atom. The molecule has 1 N–H and O–H groups in total. The van der Waals surface area contributed by atoms with E-state index >= 15 is 0 Å². The fourth-order valence-electron chi connectivity index (χ4n) is 2.23. The first-order valence-electron chi connectivity index (χ1n) is 6.31. The van der Waals surface area contributed by atoms with Crippen molar-refractivity contribution in [1.82, 2.24) is 9.97 Å². The molecule has 0 unspecified atom stereocenters. The van der Waals surface area contributed by atoms with Crippen LogP contribution in [0.25, 0.3) is 22.4 Å². The average molecular weight is 365 g/mol. The number of aryl methyl sites for hydroxylation is 1. The van der Waals surface area contributed by atoms with Crippen LogP contribution in [0.3, 0.4) is 0 Å². The third-order valence-electron chi connectivity index (χ3n) is 3.31. The van der Waals surface area contributed by atoms with Crippen molar-refractivity contribution in [2.45, 2.75) is 11.8 Å². The second kappa shape index (κ2) is 4.96. The maximum Gasteiger partial charge on any atom is 0.177 e. The molecule has 3 rings (SSSR count). The fourth-order valence-corrected chi connectivity index (χ4v) is 3.31. The standard InChI is InChI=1S/C15H13BrN2O2S/c1-9-8-10(6-7-11(9)16)15-17-12-4-3-5-13(14(12)18-15)21(2,19)20/h3-8H,1-2H3,(H,17,18). The van der Waals surface area contributed by atoms with Gasteiger partial charge in [0.2, 0.25) is 0 Å². The summed E-state index contributed by atoms with van der Waals surface area (Å²) in [6.07, 6.45) is 1.19. The van der Waals surface area contributed by atoms with Crippen molar-refractivity contribution in [3.8, 4) is 11.4 Å². The Morgan fingerprint density at radius 3 is 2.62 bits per heavy atom. The van der Waals surface area contributed by atoms with Crippen LogP contribution in [0.5, 0.6) is 0 Å². The van der Waals surface area contributed by atoms with E-state index in [0.717, 1.165) is 15.6 Å². The topological polar surface area (TPSA) is 62.8 Å². The molecule has 0 bridgehead atoms. The van der Waals surface area contributed by atoms with Crippen LogP contribution in [0.15, 0.2) is 45.8 Å². The number of nitrogens with zero attached hydrogens (tertiary/aromatic N) is 1. The lowest BCUT2D eigenvalue weighted by Gasteiger charge is -2.01. The number of H-pyrrole nitrogens is 1. The van der Waals surface area contributed by atoms with Crippen molar-refractivity contribution >= 4 is 36.8 Å². The van der Waals surface area contributed by atoms with Gasteiger partial charge in [0, 0.05) is 16.3 Å². The monoisotopic (exact) mass is 364 g/mol. The molecule has 1 aromatic heterocycles. The van der Waals surface area contributed by atoms with Crippen LogP contribution in [-0.2, 0) is 9.84 Å². The molecule has 1 heterocycles. The summed E-state index contributed by atoms with van der Waals surface area (Å²) in [4.78, 5) is 7.90. The van der Waals surface area contributed by atoms with E-state index in [1.807, 2.05) is 31.2 Å². The number of hydrogen-bond acceptors (Lipinski definition) is 3. The minimum atomic E-state index is -3.30. The van der Waals surface area contributed by atoms with Gasteiger partial charge in [-0.2, -0.15) is 0 Å². The predicted molar refractivity (Wildman–Crippen MR) is 87.1 cm³/mol. The molecule has 0 radical (unpaired) electrons. The number of fused-ring (bicyclic) bond motifs is 1. The normalized spacial score (nSPS) is 12.0. The minimum Gasteiger partial charge on any atom is -0.338 e. The highest BCUT2D eigenvalue weighted by Crippen LogP contribution is 2.27. The molecular weight excluding hydrogens is 352 g/mol. The summed E-state index contributed by atoms with van der Waals surface area (Å²) < 4.78 is 24.7. The predicted octanol–water partition coefficient (Wildman–Crippen LogP) is 3.70. The van der Waals surface area contributed by atoms with Crippen LogP contribution in [0.2, 0.25) is 0 Å². The molecule has 21 heavy (non-hydrogen) atoms. The molecule has 0 saturated carbocycles. The number of aromatic amines is 1. The van der Waals surface area contributed by atoms with Gasteiger partial charge in [-0.15, -0.1) is 0 Å². The van der Waals surface area contributed by atoms with Crippen LogP contribution in [0.4, 0.5) is 0 Å². The lowest BCUT2D eigenvalue weighted by Crippen LogP contribution is -1.97. The molecule has 6 heteroatoms. The number of halogens is 1. The number of aromatic nitrogens is 2. The van der Waals surface area contributed by atoms with Crippen molar-refractivity contribution in [3.63, 3.8) is 0 Å². The lowest BCUT2D eigenvalue weighted by atomic mass is 10.1. The maximum absolute atomic E-state index is 11.8. The summed E-state index contributed by atoms with van der Waals surface area (Å²) in [6, 6.07) is 11.0. The van der Waals surface area contributed by atoms with Crippen LogP contribution >= 0.6 is 15.9 Å². The molecule has 3 aromatic rings. The fraction of sp³-hybridized carbons (Fsp3) is 0.133. The highest BCUT2D eigenvalue weighted by Gasteiger charge is 2.15. The zero-order chi connectivity index (χ0) is 15.2. The summed E-state index contributed by atoms with van der Waals surface area (Å²) >= 11 is 3.46. The number of hydrogen-bond donors (Lipinski definition) is 1. The van der Waals surface area contributed by atoms with Crippen molar-refractivity contribution in [2.75, 3.05) is 6.26 Å². The molecule has 0 aliphatic rings. The quantitative estimate of drug-likeness (QED) is 0.753. The molecule has 0 fully saturated rings. The summed E-state index contributed by atoms with van der Waals surface area (Å²) in [7, 11) is -3.30. The first kappa shape index (κ1) is 14.3. The van der Waals surface area contributed by atoms with E-state index in [-0.39, 0.29) is 4.90 Å². The van der Waals surface area contributed by atoms with Gasteiger partial charge >= 0.3 is 0 Å². The second-order valence-corrected chi connectivity index (χ2v) is 7.81. The molecule has 0 spiro atoms. The Balaban J connectivity index is 2.24. The van der Waals surface area contributed by atoms with E-state index < -0.39 is 9.84 Å². The van der Waals surface area contributed by atoms with Gasteiger partial charge in [0.15, 0.2) is 9.84 Å². The summed E-state index contributed by atoms with van der Waals surface area (Å²) in [5, 5.41) is 0. The smallest absolute Gasteiger partial charge is 0.177 e. The molecule has 0 aliphatic carbocycles. The summed E-state index contributed by atoms with van der Waals surface area (Å²) in [5.41, 5.74) is 3.21. The Hall–Kier alpha value is -1.66. The van der Waals surface area contributed by atoms with E-state index in [4.69, 9.17) is 0 Å². The third kappa shape index (κ3) is 2.61.